The highest BCUT2D eigenvalue weighted by Gasteiger charge is 2.35. The van der Waals surface area contributed by atoms with Crippen molar-refractivity contribution in [2.45, 2.75) is 6.04 Å². The summed E-state index contributed by atoms with van der Waals surface area (Å²) < 4.78 is 0. The Morgan fingerprint density at radius 3 is 1.53 bits per heavy atom. The minimum atomic E-state index is -1.16. The molecule has 43 heavy (non-hydrogen) atoms. The van der Waals surface area contributed by atoms with Crippen LogP contribution in [0.25, 0.3) is 41.7 Å². The van der Waals surface area contributed by atoms with Gasteiger partial charge in [0.25, 0.3) is 17.1 Å². The largest absolute Gasteiger partial charge is 0.333 e. The molecule has 0 aromatic heterocycles. The van der Waals surface area contributed by atoms with Crippen LogP contribution in [0, 0.1) is 71.6 Å². The van der Waals surface area contributed by atoms with Gasteiger partial charge in [-0.15, -0.1) is 0 Å². The Morgan fingerprint density at radius 1 is 0.628 bits per heavy atom. The fraction of sp³-hybridized carbons (Fsp3) is 0.0286. The van der Waals surface area contributed by atoms with Crippen molar-refractivity contribution in [3.8, 4) is 24.3 Å². The molecule has 8 nitrogen and oxygen atoms in total. The Labute approximate surface area is 248 Å². The highest BCUT2D eigenvalue weighted by molar-refractivity contribution is 6.11. The van der Waals surface area contributed by atoms with Gasteiger partial charge in [0.2, 0.25) is 0 Å². The molecule has 0 spiro atoms. The van der Waals surface area contributed by atoms with Crippen LogP contribution in [0.3, 0.4) is 0 Å². The van der Waals surface area contributed by atoms with E-state index in [1.165, 1.54) is 0 Å². The molecule has 0 heterocycles. The lowest BCUT2D eigenvalue weighted by Gasteiger charge is -2.04. The van der Waals surface area contributed by atoms with Crippen LogP contribution in [-0.2, 0) is 0 Å². The lowest BCUT2D eigenvalue weighted by molar-refractivity contribution is 1.24. The first-order chi connectivity index (χ1) is 21.0. The van der Waals surface area contributed by atoms with Crippen molar-refractivity contribution < 1.29 is 0 Å². The van der Waals surface area contributed by atoms with E-state index in [0.29, 0.717) is 55.7 Å². The number of hydrogen-bond donors (Lipinski definition) is 0. The molecule has 0 bridgehead atoms. The fourth-order valence-corrected chi connectivity index (χ4v) is 5.03. The summed E-state index contributed by atoms with van der Waals surface area (Å²) in [5.41, 5.74) is 3.92. The van der Waals surface area contributed by atoms with Crippen LogP contribution in [0.1, 0.15) is 22.3 Å². The molecule has 1 atom stereocenters. The highest BCUT2D eigenvalue weighted by Crippen LogP contribution is 2.49. The molecule has 0 fully saturated rings. The summed E-state index contributed by atoms with van der Waals surface area (Å²) in [6.45, 7) is 30.2. The molecule has 0 radical (unpaired) electrons. The zero-order chi connectivity index (χ0) is 30.9. The Bertz CT molecular complexity index is 2020. The van der Waals surface area contributed by atoms with Crippen LogP contribution >= 0.6 is 0 Å². The van der Waals surface area contributed by atoms with Gasteiger partial charge < -0.3 is 0 Å². The molecule has 1 unspecified atom stereocenters. The minimum absolute atomic E-state index is 0.172. The molecule has 2 aromatic rings. The van der Waals surface area contributed by atoms with Gasteiger partial charge in [-0.1, -0.05) is 78.9 Å². The predicted molar refractivity (Wildman–Crippen MR) is 160 cm³/mol. The van der Waals surface area contributed by atoms with Gasteiger partial charge in [0.1, 0.15) is 0 Å². The van der Waals surface area contributed by atoms with Gasteiger partial charge in [0, 0.05) is 16.7 Å². The molecule has 0 aliphatic heterocycles. The summed E-state index contributed by atoms with van der Waals surface area (Å²) in [6, 6.07) is 20.5. The van der Waals surface area contributed by atoms with Crippen molar-refractivity contribution in [3.05, 3.63) is 175 Å². The maximum atomic E-state index is 9.71. The summed E-state index contributed by atoms with van der Waals surface area (Å²) in [5, 5.41) is 38.8. The van der Waals surface area contributed by atoms with Crippen LogP contribution < -0.4 is 0 Å². The third-order valence-electron chi connectivity index (χ3n) is 6.69. The second-order valence-electron chi connectivity index (χ2n) is 8.75. The van der Waals surface area contributed by atoms with E-state index in [0.717, 1.165) is 0 Å². The van der Waals surface area contributed by atoms with E-state index in [-0.39, 0.29) is 17.1 Å². The Morgan fingerprint density at radius 2 is 1.09 bits per heavy atom. The van der Waals surface area contributed by atoms with Gasteiger partial charge in [0.15, 0.2) is 6.07 Å². The normalized spacial score (nSPS) is 17.1. The van der Waals surface area contributed by atoms with Crippen molar-refractivity contribution in [3.63, 3.8) is 0 Å². The van der Waals surface area contributed by atoms with E-state index in [9.17, 15) is 21.0 Å². The molecule has 2 aliphatic carbocycles. The molecule has 2 aliphatic rings. The van der Waals surface area contributed by atoms with Gasteiger partial charge >= 0.3 is 6.04 Å². The van der Waals surface area contributed by atoms with Crippen molar-refractivity contribution >= 4 is 22.3 Å². The lowest BCUT2D eigenvalue weighted by atomic mass is 9.98. The number of rotatable bonds is 4. The van der Waals surface area contributed by atoms with E-state index in [1.54, 1.807) is 78.9 Å². The number of nitrogens with zero attached hydrogens (tertiary/aromatic N) is 8. The maximum absolute atomic E-state index is 9.71. The molecule has 0 saturated heterocycles. The van der Waals surface area contributed by atoms with Gasteiger partial charge in [-0.2, -0.15) is 5.26 Å². The van der Waals surface area contributed by atoms with Gasteiger partial charge in [-0.05, 0) is 33.4 Å². The summed E-state index contributed by atoms with van der Waals surface area (Å²) >= 11 is 0. The summed E-state index contributed by atoms with van der Waals surface area (Å²) in [7, 11) is 0. The second-order valence-corrected chi connectivity index (χ2v) is 8.75. The molecule has 4 rings (SSSR count). The van der Waals surface area contributed by atoms with Gasteiger partial charge in [0.05, 0.1) is 43.5 Å². The number of fused-ring (bicyclic) bond motifs is 2. The zero-order valence-electron chi connectivity index (χ0n) is 22.2. The van der Waals surface area contributed by atoms with Gasteiger partial charge in [-0.3, -0.25) is 4.85 Å². The average Bonchev–Trinajstić information content (AvgIpc) is 3.53. The van der Waals surface area contributed by atoms with E-state index >= 15 is 0 Å². The van der Waals surface area contributed by atoms with Crippen molar-refractivity contribution in [2.24, 2.45) is 0 Å². The molecule has 0 saturated carbocycles. The average molecular weight is 547 g/mol. The third-order valence-corrected chi connectivity index (χ3v) is 6.69. The second kappa shape index (κ2) is 12.6. The first kappa shape index (κ1) is 28.5. The van der Waals surface area contributed by atoms with E-state index in [1.807, 2.05) is 24.3 Å². The van der Waals surface area contributed by atoms with Crippen molar-refractivity contribution in [2.75, 3.05) is 0 Å². The van der Waals surface area contributed by atoms with E-state index < -0.39 is 6.04 Å². The van der Waals surface area contributed by atoms with Crippen LogP contribution in [-0.4, -0.2) is 6.04 Å². The first-order valence-corrected chi connectivity index (χ1v) is 12.4. The van der Waals surface area contributed by atoms with Crippen LogP contribution in [0.15, 0.2) is 107 Å². The first-order valence-electron chi connectivity index (χ1n) is 12.4. The Hall–Kier alpha value is -7.46. The standard InChI is InChI=1S/C35H14N8/c1-40-28(18-36)32-22-12-8-9-13-23(22)33(29(19-37)41-2)26(32)16-6-5-7-17-27-34(30(20-38)42-3)24-14-10-11-15-25(24)35(27)31(21-39)43-4/h5-17,28H. The number of allylic oxidation sites excluding steroid dienone is 13. The minimum Gasteiger partial charge on any atom is -0.292 e. The molecule has 194 valence electrons. The SMILES string of the molecule is [C-]#[N+]C(C#N)=C1C(=CC=CC=CC2=C(C(C#N)[N+]#[C-])c3ccccc3C2=C(C#N)[N+]#[C-])C(=C(C#N)[N+]#[C-])c2ccccc21. The third kappa shape index (κ3) is 4.88. The summed E-state index contributed by atoms with van der Waals surface area (Å²) in [4.78, 5) is 13.6. The fourth-order valence-electron chi connectivity index (χ4n) is 5.03. The Kier molecular flexibility index (Phi) is 8.36. The zero-order valence-corrected chi connectivity index (χ0v) is 22.2. The summed E-state index contributed by atoms with van der Waals surface area (Å²) in [5.74, 6) is 0. The number of nitriles is 4. The molecular formula is C35H14N8. The van der Waals surface area contributed by atoms with Crippen LogP contribution in [0.2, 0.25) is 0 Å². The van der Waals surface area contributed by atoms with Gasteiger partial charge in [-0.25, -0.2) is 36.9 Å². The van der Waals surface area contributed by atoms with Crippen molar-refractivity contribution in [1.29, 1.82) is 21.0 Å². The lowest BCUT2D eigenvalue weighted by Crippen LogP contribution is -2.02. The monoisotopic (exact) mass is 546 g/mol. The quantitative estimate of drug-likeness (QED) is 0.225. The smallest absolute Gasteiger partial charge is 0.292 e. The van der Waals surface area contributed by atoms with E-state index in [4.69, 9.17) is 26.3 Å². The highest BCUT2D eigenvalue weighted by atomic mass is 14.7. The van der Waals surface area contributed by atoms with Crippen molar-refractivity contribution in [1.82, 2.24) is 0 Å². The van der Waals surface area contributed by atoms with Crippen LogP contribution in [0.5, 0.6) is 0 Å². The predicted octanol–water partition coefficient (Wildman–Crippen LogP) is 7.48. The number of hydrogen-bond acceptors (Lipinski definition) is 4. The molecule has 8 heteroatoms. The molecule has 0 amide bonds. The van der Waals surface area contributed by atoms with E-state index in [2.05, 4.69) is 19.4 Å². The summed E-state index contributed by atoms with van der Waals surface area (Å²) in [6.07, 6.45) is 8.07. The molecular weight excluding hydrogens is 532 g/mol. The molecule has 2 aromatic carbocycles. The van der Waals surface area contributed by atoms with Crippen LogP contribution in [0.4, 0.5) is 0 Å². The maximum Gasteiger partial charge on any atom is 0.333 e. The molecule has 0 N–H and O–H groups in total. The topological polar surface area (TPSA) is 113 Å². The Balaban J connectivity index is 1.90. The number of benzene rings is 2.